The van der Waals surface area contributed by atoms with Crippen molar-refractivity contribution in [3.63, 3.8) is 0 Å². The molecule has 1 heterocycles. The molecule has 3 rings (SSSR count). The number of nitro benzene ring substituents is 1. The molecule has 2 aromatic carbocycles. The fourth-order valence-corrected chi connectivity index (χ4v) is 2.07. The number of carbonyl (C=O) groups excluding carboxylic acids is 1. The van der Waals surface area contributed by atoms with E-state index in [9.17, 15) is 14.9 Å². The standard InChI is InChI=1S/C16H13N3O5/c20-16(15-10-23-13-3-1-2-4-14(13)24-15)18-17-9-11-5-7-12(8-6-11)19(21)22/h1-9,15H,10H2,(H,18,20)/b17-9+/t15-/m1/s1. The molecule has 0 radical (unpaired) electrons. The van der Waals surface area contributed by atoms with Gasteiger partial charge in [0.15, 0.2) is 11.5 Å². The number of hydrazone groups is 1. The van der Waals surface area contributed by atoms with E-state index in [4.69, 9.17) is 9.47 Å². The van der Waals surface area contributed by atoms with E-state index in [0.717, 1.165) is 0 Å². The van der Waals surface area contributed by atoms with Crippen molar-refractivity contribution in [3.05, 3.63) is 64.2 Å². The van der Waals surface area contributed by atoms with Gasteiger partial charge < -0.3 is 9.47 Å². The molecule has 0 aromatic heterocycles. The van der Waals surface area contributed by atoms with Gasteiger partial charge in [-0.05, 0) is 29.8 Å². The van der Waals surface area contributed by atoms with E-state index >= 15 is 0 Å². The Balaban J connectivity index is 1.57. The van der Waals surface area contributed by atoms with Crippen LogP contribution in [-0.4, -0.2) is 29.8 Å². The second-order valence-corrected chi connectivity index (χ2v) is 4.95. The van der Waals surface area contributed by atoms with E-state index in [1.54, 1.807) is 18.2 Å². The average Bonchev–Trinajstić information content (AvgIpc) is 2.61. The zero-order valence-electron chi connectivity index (χ0n) is 12.4. The zero-order chi connectivity index (χ0) is 16.9. The number of amides is 1. The highest BCUT2D eigenvalue weighted by atomic mass is 16.6. The summed E-state index contributed by atoms with van der Waals surface area (Å²) in [5, 5.41) is 14.4. The maximum Gasteiger partial charge on any atom is 0.284 e. The number of non-ortho nitro benzene ring substituents is 1. The van der Waals surface area contributed by atoms with Gasteiger partial charge in [0.05, 0.1) is 11.1 Å². The van der Waals surface area contributed by atoms with Gasteiger partial charge in [-0.1, -0.05) is 12.1 Å². The molecule has 0 bridgehead atoms. The third-order valence-electron chi connectivity index (χ3n) is 3.29. The number of benzene rings is 2. The van der Waals surface area contributed by atoms with Crippen LogP contribution in [0.5, 0.6) is 11.5 Å². The normalized spacial score (nSPS) is 15.9. The third-order valence-corrected chi connectivity index (χ3v) is 3.29. The average molecular weight is 327 g/mol. The molecule has 8 nitrogen and oxygen atoms in total. The van der Waals surface area contributed by atoms with E-state index in [2.05, 4.69) is 10.5 Å². The Hall–Kier alpha value is -3.42. The van der Waals surface area contributed by atoms with Crippen LogP contribution in [0.4, 0.5) is 5.69 Å². The number of hydrogen-bond acceptors (Lipinski definition) is 6. The summed E-state index contributed by atoms with van der Waals surface area (Å²) in [6, 6.07) is 12.9. The Morgan fingerprint density at radius 2 is 1.92 bits per heavy atom. The minimum absolute atomic E-state index is 0.0115. The number of carbonyl (C=O) groups is 1. The van der Waals surface area contributed by atoms with E-state index in [0.29, 0.717) is 17.1 Å². The molecule has 8 heteroatoms. The van der Waals surface area contributed by atoms with Gasteiger partial charge in [0.2, 0.25) is 6.10 Å². The monoisotopic (exact) mass is 327 g/mol. The highest BCUT2D eigenvalue weighted by molar-refractivity contribution is 5.85. The van der Waals surface area contributed by atoms with Crippen LogP contribution >= 0.6 is 0 Å². The molecule has 0 saturated heterocycles. The molecular formula is C16H13N3O5. The summed E-state index contributed by atoms with van der Waals surface area (Å²) in [6.45, 7) is 0.0932. The zero-order valence-corrected chi connectivity index (χ0v) is 12.4. The lowest BCUT2D eigenvalue weighted by Gasteiger charge is -2.24. The quantitative estimate of drug-likeness (QED) is 0.525. The number of fused-ring (bicyclic) bond motifs is 1. The molecule has 0 fully saturated rings. The summed E-state index contributed by atoms with van der Waals surface area (Å²) in [5.41, 5.74) is 2.97. The minimum atomic E-state index is -0.797. The summed E-state index contributed by atoms with van der Waals surface area (Å²) < 4.78 is 11.0. The highest BCUT2D eigenvalue weighted by Gasteiger charge is 2.26. The van der Waals surface area contributed by atoms with Gasteiger partial charge in [0, 0.05) is 12.1 Å². The summed E-state index contributed by atoms with van der Waals surface area (Å²) in [7, 11) is 0. The van der Waals surface area contributed by atoms with Crippen LogP contribution in [0.1, 0.15) is 5.56 Å². The van der Waals surface area contributed by atoms with Crippen LogP contribution in [0.15, 0.2) is 53.6 Å². The van der Waals surface area contributed by atoms with E-state index in [1.807, 2.05) is 6.07 Å². The van der Waals surface area contributed by atoms with Gasteiger partial charge >= 0.3 is 0 Å². The van der Waals surface area contributed by atoms with Gasteiger partial charge in [-0.15, -0.1) is 0 Å². The summed E-state index contributed by atoms with van der Waals surface area (Å²) >= 11 is 0. The number of rotatable bonds is 4. The van der Waals surface area contributed by atoms with Gasteiger partial charge in [0.1, 0.15) is 6.61 Å². The Morgan fingerprint density at radius 3 is 2.62 bits per heavy atom. The molecule has 1 aliphatic heterocycles. The summed E-state index contributed by atoms with van der Waals surface area (Å²) in [4.78, 5) is 22.1. The van der Waals surface area contributed by atoms with Crippen LogP contribution in [0, 0.1) is 10.1 Å². The Labute approximate surface area is 136 Å². The highest BCUT2D eigenvalue weighted by Crippen LogP contribution is 2.30. The van der Waals surface area contributed by atoms with Gasteiger partial charge in [-0.3, -0.25) is 14.9 Å². The maximum absolute atomic E-state index is 12.0. The minimum Gasteiger partial charge on any atom is -0.485 e. The predicted octanol–water partition coefficient (Wildman–Crippen LogP) is 1.88. The maximum atomic E-state index is 12.0. The molecule has 2 aromatic rings. The first-order chi connectivity index (χ1) is 11.6. The summed E-state index contributed by atoms with van der Waals surface area (Å²) in [5.74, 6) is 0.654. The molecule has 24 heavy (non-hydrogen) atoms. The van der Waals surface area contributed by atoms with Crippen LogP contribution in [0.25, 0.3) is 0 Å². The lowest BCUT2D eigenvalue weighted by atomic mass is 10.2. The second-order valence-electron chi connectivity index (χ2n) is 4.95. The van der Waals surface area contributed by atoms with Crippen LogP contribution in [0.2, 0.25) is 0 Å². The number of hydrogen-bond donors (Lipinski definition) is 1. The smallest absolute Gasteiger partial charge is 0.284 e. The molecule has 1 aliphatic rings. The number of nitrogens with one attached hydrogen (secondary N) is 1. The van der Waals surface area contributed by atoms with Crippen molar-refractivity contribution in [2.45, 2.75) is 6.10 Å². The van der Waals surface area contributed by atoms with Gasteiger partial charge in [0.25, 0.3) is 11.6 Å². The molecule has 1 amide bonds. The molecule has 0 spiro atoms. The lowest BCUT2D eigenvalue weighted by Crippen LogP contribution is -2.42. The predicted molar refractivity (Wildman–Crippen MR) is 85.2 cm³/mol. The molecule has 0 aliphatic carbocycles. The van der Waals surface area contributed by atoms with Crippen molar-refractivity contribution in [2.24, 2.45) is 5.10 Å². The Bertz CT molecular complexity index is 789. The largest absolute Gasteiger partial charge is 0.485 e. The SMILES string of the molecule is O=C(N/N=C/c1ccc([N+](=O)[O-])cc1)[C@H]1COc2ccccc2O1. The molecule has 1 atom stereocenters. The van der Waals surface area contributed by atoms with E-state index in [-0.39, 0.29) is 12.3 Å². The molecule has 0 saturated carbocycles. The van der Waals surface area contributed by atoms with Gasteiger partial charge in [-0.2, -0.15) is 5.10 Å². The molecule has 122 valence electrons. The number of nitrogens with zero attached hydrogens (tertiary/aromatic N) is 2. The van der Waals surface area contributed by atoms with Crippen molar-refractivity contribution >= 4 is 17.8 Å². The first-order valence-corrected chi connectivity index (χ1v) is 7.09. The number of nitro groups is 1. The summed E-state index contributed by atoms with van der Waals surface area (Å²) in [6.07, 6.45) is 0.591. The van der Waals surface area contributed by atoms with Crippen LogP contribution in [0.3, 0.4) is 0 Å². The van der Waals surface area contributed by atoms with E-state index < -0.39 is 16.9 Å². The Kier molecular flexibility index (Phi) is 4.37. The Morgan fingerprint density at radius 1 is 1.21 bits per heavy atom. The molecule has 1 N–H and O–H groups in total. The van der Waals surface area contributed by atoms with Gasteiger partial charge in [-0.25, -0.2) is 5.43 Å². The number of para-hydroxylation sites is 2. The van der Waals surface area contributed by atoms with Crippen molar-refractivity contribution in [3.8, 4) is 11.5 Å². The molecule has 0 unspecified atom stereocenters. The first-order valence-electron chi connectivity index (χ1n) is 7.09. The third kappa shape index (κ3) is 3.49. The molecular weight excluding hydrogens is 314 g/mol. The second kappa shape index (κ2) is 6.78. The fourth-order valence-electron chi connectivity index (χ4n) is 2.07. The van der Waals surface area contributed by atoms with Crippen LogP contribution < -0.4 is 14.9 Å². The van der Waals surface area contributed by atoms with Crippen LogP contribution in [-0.2, 0) is 4.79 Å². The topological polar surface area (TPSA) is 103 Å². The van der Waals surface area contributed by atoms with E-state index in [1.165, 1.54) is 30.5 Å². The number of ether oxygens (including phenoxy) is 2. The van der Waals surface area contributed by atoms with Crippen molar-refractivity contribution in [1.29, 1.82) is 0 Å². The first kappa shape index (κ1) is 15.5. The van der Waals surface area contributed by atoms with Crippen molar-refractivity contribution < 1.29 is 19.2 Å². The van der Waals surface area contributed by atoms with Crippen molar-refractivity contribution in [2.75, 3.05) is 6.61 Å². The fraction of sp³-hybridized carbons (Fsp3) is 0.125. The van der Waals surface area contributed by atoms with Crippen molar-refractivity contribution in [1.82, 2.24) is 5.43 Å². The lowest BCUT2D eigenvalue weighted by molar-refractivity contribution is -0.384.